The average molecular weight is 242 g/mol. The van der Waals surface area contributed by atoms with E-state index in [0.717, 1.165) is 52.1 Å². The molecule has 4 heteroatoms. The molecular weight excluding hydrogens is 216 g/mol. The zero-order valence-corrected chi connectivity index (χ0v) is 11.0. The quantitative estimate of drug-likeness (QED) is 0.599. The number of amides is 1. The van der Waals surface area contributed by atoms with Gasteiger partial charge in [0, 0.05) is 26.2 Å². The maximum absolute atomic E-state index is 11.5. The molecule has 0 radical (unpaired) electrons. The molecule has 100 valence electrons. The van der Waals surface area contributed by atoms with E-state index < -0.39 is 0 Å². The standard InChI is InChI=1S/C13H26N2O2/c1-2-17-10-4-3-8-15-13(16)6-5-12-7-9-14-11-12/h12,14H,2-11H2,1H3,(H,15,16). The minimum absolute atomic E-state index is 0.202. The van der Waals surface area contributed by atoms with Gasteiger partial charge in [-0.1, -0.05) is 0 Å². The van der Waals surface area contributed by atoms with E-state index in [0.29, 0.717) is 12.3 Å². The second-order valence-corrected chi connectivity index (χ2v) is 4.65. The van der Waals surface area contributed by atoms with Crippen molar-refractivity contribution < 1.29 is 9.53 Å². The molecule has 2 N–H and O–H groups in total. The fourth-order valence-corrected chi connectivity index (χ4v) is 2.09. The van der Waals surface area contributed by atoms with Gasteiger partial charge in [-0.15, -0.1) is 0 Å². The summed E-state index contributed by atoms with van der Waals surface area (Å²) in [6.45, 7) is 6.57. The van der Waals surface area contributed by atoms with Crippen molar-refractivity contribution >= 4 is 5.91 Å². The number of hydrogen-bond donors (Lipinski definition) is 2. The smallest absolute Gasteiger partial charge is 0.220 e. The van der Waals surface area contributed by atoms with Crippen molar-refractivity contribution in [3.8, 4) is 0 Å². The molecule has 0 saturated carbocycles. The third-order valence-electron chi connectivity index (χ3n) is 3.18. The highest BCUT2D eigenvalue weighted by molar-refractivity contribution is 5.75. The first kappa shape index (κ1) is 14.5. The minimum atomic E-state index is 0.202. The van der Waals surface area contributed by atoms with E-state index in [4.69, 9.17) is 4.74 Å². The van der Waals surface area contributed by atoms with E-state index in [2.05, 4.69) is 10.6 Å². The Morgan fingerprint density at radius 3 is 3.06 bits per heavy atom. The molecule has 0 bridgehead atoms. The van der Waals surface area contributed by atoms with Gasteiger partial charge in [-0.2, -0.15) is 0 Å². The lowest BCUT2D eigenvalue weighted by Crippen LogP contribution is -2.25. The number of rotatable bonds is 9. The molecule has 0 spiro atoms. The molecule has 1 rings (SSSR count). The molecule has 1 heterocycles. The number of ether oxygens (including phenoxy) is 1. The first-order valence-corrected chi connectivity index (χ1v) is 6.88. The highest BCUT2D eigenvalue weighted by Crippen LogP contribution is 2.13. The SMILES string of the molecule is CCOCCCCNC(=O)CCC1CCNC1. The van der Waals surface area contributed by atoms with Crippen LogP contribution in [-0.4, -0.2) is 38.8 Å². The van der Waals surface area contributed by atoms with E-state index >= 15 is 0 Å². The van der Waals surface area contributed by atoms with Gasteiger partial charge in [-0.05, 0) is 51.6 Å². The van der Waals surface area contributed by atoms with Crippen molar-refractivity contribution in [3.05, 3.63) is 0 Å². The van der Waals surface area contributed by atoms with E-state index in [-0.39, 0.29) is 5.91 Å². The fourth-order valence-electron chi connectivity index (χ4n) is 2.09. The van der Waals surface area contributed by atoms with Gasteiger partial charge in [0.2, 0.25) is 5.91 Å². The Morgan fingerprint density at radius 1 is 1.47 bits per heavy atom. The van der Waals surface area contributed by atoms with Gasteiger partial charge < -0.3 is 15.4 Å². The molecule has 1 aliphatic heterocycles. The largest absolute Gasteiger partial charge is 0.382 e. The summed E-state index contributed by atoms with van der Waals surface area (Å²) in [7, 11) is 0. The van der Waals surface area contributed by atoms with Crippen LogP contribution in [0.5, 0.6) is 0 Å². The van der Waals surface area contributed by atoms with Gasteiger partial charge in [-0.3, -0.25) is 4.79 Å². The summed E-state index contributed by atoms with van der Waals surface area (Å²) in [6.07, 6.45) is 4.97. The monoisotopic (exact) mass is 242 g/mol. The van der Waals surface area contributed by atoms with Crippen molar-refractivity contribution in [1.82, 2.24) is 10.6 Å². The molecule has 0 aromatic heterocycles. The lowest BCUT2D eigenvalue weighted by atomic mass is 10.0. The molecule has 1 amide bonds. The highest BCUT2D eigenvalue weighted by atomic mass is 16.5. The zero-order valence-electron chi connectivity index (χ0n) is 11.0. The third-order valence-corrected chi connectivity index (χ3v) is 3.18. The predicted molar refractivity (Wildman–Crippen MR) is 68.9 cm³/mol. The molecule has 0 aliphatic carbocycles. The van der Waals surface area contributed by atoms with Crippen LogP contribution in [-0.2, 0) is 9.53 Å². The topological polar surface area (TPSA) is 50.4 Å². The molecule has 17 heavy (non-hydrogen) atoms. The van der Waals surface area contributed by atoms with Crippen molar-refractivity contribution in [1.29, 1.82) is 0 Å². The summed E-state index contributed by atoms with van der Waals surface area (Å²) in [5, 5.41) is 6.29. The third kappa shape index (κ3) is 7.34. The first-order chi connectivity index (χ1) is 8.33. The zero-order chi connectivity index (χ0) is 12.3. The van der Waals surface area contributed by atoms with Crippen LogP contribution in [0, 0.1) is 5.92 Å². The molecule has 1 aliphatic rings. The summed E-state index contributed by atoms with van der Waals surface area (Å²) in [4.78, 5) is 11.5. The van der Waals surface area contributed by atoms with Gasteiger partial charge in [-0.25, -0.2) is 0 Å². The Kier molecular flexibility index (Phi) is 8.01. The molecule has 4 nitrogen and oxygen atoms in total. The van der Waals surface area contributed by atoms with Crippen LogP contribution < -0.4 is 10.6 Å². The predicted octanol–water partition coefficient (Wildman–Crippen LogP) is 1.31. The van der Waals surface area contributed by atoms with Crippen LogP contribution in [0.4, 0.5) is 0 Å². The van der Waals surface area contributed by atoms with E-state index in [9.17, 15) is 4.79 Å². The molecular formula is C13H26N2O2. The second-order valence-electron chi connectivity index (χ2n) is 4.65. The lowest BCUT2D eigenvalue weighted by molar-refractivity contribution is -0.121. The summed E-state index contributed by atoms with van der Waals surface area (Å²) in [5.41, 5.74) is 0. The molecule has 1 atom stereocenters. The van der Waals surface area contributed by atoms with Gasteiger partial charge in [0.1, 0.15) is 0 Å². The second kappa shape index (κ2) is 9.42. The summed E-state index contributed by atoms with van der Waals surface area (Å²) in [5.74, 6) is 0.909. The Labute approximate surface area is 104 Å². The van der Waals surface area contributed by atoms with Gasteiger partial charge in [0.15, 0.2) is 0 Å². The number of unbranched alkanes of at least 4 members (excludes halogenated alkanes) is 1. The van der Waals surface area contributed by atoms with E-state index in [1.165, 1.54) is 6.42 Å². The maximum Gasteiger partial charge on any atom is 0.220 e. The Balaban J connectivity index is 1.87. The van der Waals surface area contributed by atoms with Crippen molar-refractivity contribution in [2.45, 2.75) is 39.0 Å². The van der Waals surface area contributed by atoms with Crippen LogP contribution in [0.2, 0.25) is 0 Å². The van der Waals surface area contributed by atoms with Gasteiger partial charge in [0.25, 0.3) is 0 Å². The molecule has 1 unspecified atom stereocenters. The summed E-state index contributed by atoms with van der Waals surface area (Å²) >= 11 is 0. The van der Waals surface area contributed by atoms with E-state index in [1.54, 1.807) is 0 Å². The Morgan fingerprint density at radius 2 is 2.35 bits per heavy atom. The normalized spacial score (nSPS) is 19.5. The molecule has 1 saturated heterocycles. The summed E-state index contributed by atoms with van der Waals surface area (Å²) in [6, 6.07) is 0. The van der Waals surface area contributed by atoms with Crippen molar-refractivity contribution in [3.63, 3.8) is 0 Å². The van der Waals surface area contributed by atoms with E-state index in [1.807, 2.05) is 6.92 Å². The number of carbonyl (C=O) groups excluding carboxylic acids is 1. The average Bonchev–Trinajstić information content (AvgIpc) is 2.84. The number of hydrogen-bond acceptors (Lipinski definition) is 3. The van der Waals surface area contributed by atoms with Crippen LogP contribution in [0.25, 0.3) is 0 Å². The van der Waals surface area contributed by atoms with Crippen molar-refractivity contribution in [2.75, 3.05) is 32.8 Å². The fraction of sp³-hybridized carbons (Fsp3) is 0.923. The lowest BCUT2D eigenvalue weighted by Gasteiger charge is -2.08. The van der Waals surface area contributed by atoms with Crippen LogP contribution in [0.15, 0.2) is 0 Å². The highest BCUT2D eigenvalue weighted by Gasteiger charge is 2.15. The van der Waals surface area contributed by atoms with Gasteiger partial charge in [0.05, 0.1) is 0 Å². The van der Waals surface area contributed by atoms with Gasteiger partial charge >= 0.3 is 0 Å². The first-order valence-electron chi connectivity index (χ1n) is 6.88. The van der Waals surface area contributed by atoms with Crippen LogP contribution in [0.1, 0.15) is 39.0 Å². The van der Waals surface area contributed by atoms with Crippen LogP contribution in [0.3, 0.4) is 0 Å². The molecule has 1 fully saturated rings. The van der Waals surface area contributed by atoms with Crippen LogP contribution >= 0.6 is 0 Å². The Bertz CT molecular complexity index is 204. The van der Waals surface area contributed by atoms with Crippen molar-refractivity contribution in [2.24, 2.45) is 5.92 Å². The Hall–Kier alpha value is -0.610. The minimum Gasteiger partial charge on any atom is -0.382 e. The summed E-state index contributed by atoms with van der Waals surface area (Å²) < 4.78 is 5.24. The maximum atomic E-state index is 11.5. The number of nitrogens with one attached hydrogen (secondary N) is 2. The molecule has 0 aromatic rings. The number of carbonyl (C=O) groups is 1. The molecule has 0 aromatic carbocycles.